The summed E-state index contributed by atoms with van der Waals surface area (Å²) in [5, 5.41) is 3.32. The Kier molecular flexibility index (Phi) is 7.46. The van der Waals surface area contributed by atoms with Crippen molar-refractivity contribution in [3.05, 3.63) is 29.8 Å². The Morgan fingerprint density at radius 3 is 2.89 bits per heavy atom. The summed E-state index contributed by atoms with van der Waals surface area (Å²) in [5.41, 5.74) is 1.15. The molecule has 0 saturated carbocycles. The minimum Gasteiger partial charge on any atom is -0.491 e. The summed E-state index contributed by atoms with van der Waals surface area (Å²) < 4.78 is 11.0. The number of rotatable bonds is 9. The molecule has 3 heteroatoms. The summed E-state index contributed by atoms with van der Waals surface area (Å²) >= 11 is 0. The Labute approximate surface area is 110 Å². The first-order valence-electron chi connectivity index (χ1n) is 6.71. The second-order valence-electron chi connectivity index (χ2n) is 4.50. The molecule has 0 spiro atoms. The fourth-order valence-electron chi connectivity index (χ4n) is 1.86. The van der Waals surface area contributed by atoms with Crippen LogP contribution in [0.3, 0.4) is 0 Å². The summed E-state index contributed by atoms with van der Waals surface area (Å²) in [4.78, 5) is 0. The van der Waals surface area contributed by atoms with Gasteiger partial charge in [0.1, 0.15) is 5.75 Å². The summed E-state index contributed by atoms with van der Waals surface area (Å²) in [6, 6.07) is 8.10. The molecular weight excluding hydrogens is 226 g/mol. The molecule has 0 aliphatic carbocycles. The van der Waals surface area contributed by atoms with Gasteiger partial charge in [-0.2, -0.15) is 0 Å². The molecule has 0 aliphatic heterocycles. The predicted octanol–water partition coefficient (Wildman–Crippen LogP) is 2.99. The Balaban J connectivity index is 2.34. The average Bonchev–Trinajstić information content (AvgIpc) is 2.35. The monoisotopic (exact) mass is 251 g/mol. The van der Waals surface area contributed by atoms with Gasteiger partial charge in [0.05, 0.1) is 12.7 Å². The minimum atomic E-state index is 0.251. The van der Waals surface area contributed by atoms with Gasteiger partial charge in [-0.05, 0) is 50.6 Å². The Hall–Kier alpha value is -1.06. The highest BCUT2D eigenvalue weighted by Gasteiger charge is 2.04. The van der Waals surface area contributed by atoms with Crippen LogP contribution < -0.4 is 10.1 Å². The van der Waals surface area contributed by atoms with Crippen molar-refractivity contribution in [1.29, 1.82) is 0 Å². The van der Waals surface area contributed by atoms with E-state index in [4.69, 9.17) is 9.47 Å². The Bertz CT molecular complexity index is 328. The van der Waals surface area contributed by atoms with E-state index in [1.165, 1.54) is 0 Å². The van der Waals surface area contributed by atoms with Crippen LogP contribution in [-0.2, 0) is 11.3 Å². The molecule has 1 aromatic rings. The van der Waals surface area contributed by atoms with Crippen LogP contribution in [0.5, 0.6) is 5.75 Å². The summed E-state index contributed by atoms with van der Waals surface area (Å²) in [6.07, 6.45) is 2.47. The fourth-order valence-corrected chi connectivity index (χ4v) is 1.86. The van der Waals surface area contributed by atoms with E-state index in [0.29, 0.717) is 6.61 Å². The van der Waals surface area contributed by atoms with Crippen molar-refractivity contribution in [2.45, 2.75) is 39.4 Å². The summed E-state index contributed by atoms with van der Waals surface area (Å²) in [5.74, 6) is 0.931. The van der Waals surface area contributed by atoms with Gasteiger partial charge >= 0.3 is 0 Å². The van der Waals surface area contributed by atoms with Gasteiger partial charge in [0, 0.05) is 7.11 Å². The lowest BCUT2D eigenvalue weighted by Crippen LogP contribution is -2.18. The summed E-state index contributed by atoms with van der Waals surface area (Å²) in [6.45, 7) is 6.98. The van der Waals surface area contributed by atoms with Gasteiger partial charge in [-0.1, -0.05) is 19.1 Å². The number of ether oxygens (including phenoxy) is 2. The van der Waals surface area contributed by atoms with Gasteiger partial charge in [-0.15, -0.1) is 0 Å². The van der Waals surface area contributed by atoms with Crippen molar-refractivity contribution in [3.63, 3.8) is 0 Å². The topological polar surface area (TPSA) is 30.5 Å². The van der Waals surface area contributed by atoms with Crippen molar-refractivity contribution in [2.24, 2.45) is 0 Å². The maximum atomic E-state index is 5.90. The number of methoxy groups -OCH3 is 1. The molecule has 18 heavy (non-hydrogen) atoms. The molecule has 0 amide bonds. The molecule has 3 nitrogen and oxygen atoms in total. The highest BCUT2D eigenvalue weighted by atomic mass is 16.5. The van der Waals surface area contributed by atoms with E-state index >= 15 is 0 Å². The zero-order valence-electron chi connectivity index (χ0n) is 11.7. The third-order valence-corrected chi connectivity index (χ3v) is 2.76. The molecule has 102 valence electrons. The van der Waals surface area contributed by atoms with Gasteiger partial charge in [0.25, 0.3) is 0 Å². The third-order valence-electron chi connectivity index (χ3n) is 2.76. The van der Waals surface area contributed by atoms with Crippen LogP contribution in [0.2, 0.25) is 0 Å². The molecule has 0 aromatic heterocycles. The smallest absolute Gasteiger partial charge is 0.120 e. The van der Waals surface area contributed by atoms with Gasteiger partial charge < -0.3 is 14.8 Å². The first-order valence-corrected chi connectivity index (χ1v) is 6.71. The minimum absolute atomic E-state index is 0.251. The molecule has 1 atom stereocenters. The lowest BCUT2D eigenvalue weighted by molar-refractivity contribution is 0.182. The first kappa shape index (κ1) is 15.0. The molecule has 0 aliphatic rings. The van der Waals surface area contributed by atoms with Crippen LogP contribution in [0, 0.1) is 0 Å². The Morgan fingerprint density at radius 2 is 2.17 bits per heavy atom. The maximum Gasteiger partial charge on any atom is 0.120 e. The van der Waals surface area contributed by atoms with Crippen molar-refractivity contribution >= 4 is 0 Å². The largest absolute Gasteiger partial charge is 0.491 e. The number of nitrogens with one attached hydrogen (secondary N) is 1. The second kappa shape index (κ2) is 8.95. The molecule has 0 fully saturated rings. The lowest BCUT2D eigenvalue weighted by atomic mass is 10.2. The van der Waals surface area contributed by atoms with Gasteiger partial charge in [-0.25, -0.2) is 0 Å². The van der Waals surface area contributed by atoms with Gasteiger partial charge in [0.15, 0.2) is 0 Å². The molecule has 1 rings (SSSR count). The van der Waals surface area contributed by atoms with E-state index in [2.05, 4.69) is 19.2 Å². The zero-order chi connectivity index (χ0) is 13.2. The van der Waals surface area contributed by atoms with Crippen LogP contribution in [0.4, 0.5) is 0 Å². The fraction of sp³-hybridized carbons (Fsp3) is 0.600. The molecule has 0 radical (unpaired) electrons. The summed E-state index contributed by atoms with van der Waals surface area (Å²) in [7, 11) is 1.71. The van der Waals surface area contributed by atoms with Crippen molar-refractivity contribution in [2.75, 3.05) is 20.2 Å². The number of benzene rings is 1. The molecule has 1 unspecified atom stereocenters. The SMILES string of the molecule is CCNCCCC(C)Oc1cccc(COC)c1. The van der Waals surface area contributed by atoms with Crippen LogP contribution in [0.15, 0.2) is 24.3 Å². The van der Waals surface area contributed by atoms with E-state index in [1.807, 2.05) is 24.3 Å². The molecular formula is C15H25NO2. The highest BCUT2D eigenvalue weighted by Crippen LogP contribution is 2.16. The molecule has 0 heterocycles. The number of hydrogen-bond donors (Lipinski definition) is 1. The first-order chi connectivity index (χ1) is 8.76. The van der Waals surface area contributed by atoms with E-state index < -0.39 is 0 Å². The Morgan fingerprint density at radius 1 is 1.33 bits per heavy atom. The van der Waals surface area contributed by atoms with E-state index in [1.54, 1.807) is 7.11 Å². The van der Waals surface area contributed by atoms with Crippen molar-refractivity contribution in [3.8, 4) is 5.75 Å². The third kappa shape index (κ3) is 6.03. The molecule has 1 aromatic carbocycles. The van der Waals surface area contributed by atoms with E-state index in [0.717, 1.165) is 37.2 Å². The lowest BCUT2D eigenvalue weighted by Gasteiger charge is -2.15. The number of hydrogen-bond acceptors (Lipinski definition) is 3. The predicted molar refractivity (Wildman–Crippen MR) is 75.0 cm³/mol. The van der Waals surface area contributed by atoms with Crippen molar-refractivity contribution in [1.82, 2.24) is 5.32 Å². The highest BCUT2D eigenvalue weighted by molar-refractivity contribution is 5.28. The molecule has 0 bridgehead atoms. The van der Waals surface area contributed by atoms with Crippen LogP contribution >= 0.6 is 0 Å². The van der Waals surface area contributed by atoms with Crippen LogP contribution in [-0.4, -0.2) is 26.3 Å². The maximum absolute atomic E-state index is 5.90. The van der Waals surface area contributed by atoms with Crippen molar-refractivity contribution < 1.29 is 9.47 Å². The van der Waals surface area contributed by atoms with Gasteiger partial charge in [0.2, 0.25) is 0 Å². The van der Waals surface area contributed by atoms with Crippen LogP contribution in [0.25, 0.3) is 0 Å². The second-order valence-corrected chi connectivity index (χ2v) is 4.50. The molecule has 1 N–H and O–H groups in total. The van der Waals surface area contributed by atoms with Crippen LogP contribution in [0.1, 0.15) is 32.3 Å². The quantitative estimate of drug-likeness (QED) is 0.684. The van der Waals surface area contributed by atoms with E-state index in [9.17, 15) is 0 Å². The standard InChI is InChI=1S/C15H25NO2/c1-4-16-10-6-7-13(2)18-15-9-5-8-14(11-15)12-17-3/h5,8-9,11,13,16H,4,6-7,10,12H2,1-3H3. The normalized spacial score (nSPS) is 12.4. The molecule has 0 saturated heterocycles. The zero-order valence-corrected chi connectivity index (χ0v) is 11.7. The van der Waals surface area contributed by atoms with E-state index in [-0.39, 0.29) is 6.10 Å². The van der Waals surface area contributed by atoms with Gasteiger partial charge in [-0.3, -0.25) is 0 Å². The average molecular weight is 251 g/mol.